The van der Waals surface area contributed by atoms with Gasteiger partial charge in [0.15, 0.2) is 0 Å². The topological polar surface area (TPSA) is 35.6 Å². The van der Waals surface area contributed by atoms with Crippen LogP contribution in [0.15, 0.2) is 0 Å². The SMILES string of the molecule is CNCC1CCCN(C(=O)CN(C)C(C)C)C1.Cl.Cl. The average Bonchev–Trinajstić information content (AvgIpc) is 2.29. The van der Waals surface area contributed by atoms with E-state index >= 15 is 0 Å². The van der Waals surface area contributed by atoms with Crippen LogP contribution in [0.4, 0.5) is 0 Å². The highest BCUT2D eigenvalue weighted by Gasteiger charge is 2.23. The van der Waals surface area contributed by atoms with E-state index in [1.54, 1.807) is 0 Å². The van der Waals surface area contributed by atoms with Crippen molar-refractivity contribution >= 4 is 30.7 Å². The van der Waals surface area contributed by atoms with Gasteiger partial charge in [0.2, 0.25) is 5.91 Å². The first-order chi connectivity index (χ1) is 8.04. The molecule has 1 heterocycles. The van der Waals surface area contributed by atoms with E-state index in [1.807, 2.05) is 19.0 Å². The summed E-state index contributed by atoms with van der Waals surface area (Å²) < 4.78 is 0. The van der Waals surface area contributed by atoms with Gasteiger partial charge in [-0.3, -0.25) is 9.69 Å². The fraction of sp³-hybridized carbons (Fsp3) is 0.923. The first-order valence-corrected chi connectivity index (χ1v) is 6.67. The zero-order valence-electron chi connectivity index (χ0n) is 12.5. The number of piperidine rings is 1. The van der Waals surface area contributed by atoms with Crippen LogP contribution in [0.25, 0.3) is 0 Å². The summed E-state index contributed by atoms with van der Waals surface area (Å²) in [4.78, 5) is 16.3. The molecule has 0 spiro atoms. The fourth-order valence-electron chi connectivity index (χ4n) is 2.24. The van der Waals surface area contributed by atoms with E-state index in [0.29, 0.717) is 18.5 Å². The van der Waals surface area contributed by atoms with E-state index in [1.165, 1.54) is 6.42 Å². The van der Waals surface area contributed by atoms with Crippen molar-refractivity contribution in [3.8, 4) is 0 Å². The number of hydrogen-bond donors (Lipinski definition) is 1. The van der Waals surface area contributed by atoms with Gasteiger partial charge < -0.3 is 10.2 Å². The third kappa shape index (κ3) is 7.35. The van der Waals surface area contributed by atoms with Crippen LogP contribution in [0.1, 0.15) is 26.7 Å². The molecule has 1 N–H and O–H groups in total. The number of carbonyl (C=O) groups excluding carboxylic acids is 1. The molecule has 1 aliphatic rings. The summed E-state index contributed by atoms with van der Waals surface area (Å²) in [5, 5.41) is 3.21. The van der Waals surface area contributed by atoms with Crippen molar-refractivity contribution in [3.05, 3.63) is 0 Å². The van der Waals surface area contributed by atoms with Gasteiger partial charge >= 0.3 is 0 Å². The highest BCUT2D eigenvalue weighted by Crippen LogP contribution is 2.16. The Bertz CT molecular complexity index is 250. The van der Waals surface area contributed by atoms with Gasteiger partial charge in [0, 0.05) is 19.1 Å². The van der Waals surface area contributed by atoms with Crippen LogP contribution < -0.4 is 5.32 Å². The minimum absolute atomic E-state index is 0. The number of amides is 1. The van der Waals surface area contributed by atoms with Crippen molar-refractivity contribution in [2.24, 2.45) is 5.92 Å². The van der Waals surface area contributed by atoms with Crippen molar-refractivity contribution in [3.63, 3.8) is 0 Å². The predicted octanol–water partition coefficient (Wildman–Crippen LogP) is 1.63. The first kappa shape index (κ1) is 21.3. The van der Waals surface area contributed by atoms with Crippen LogP contribution >= 0.6 is 24.8 Å². The van der Waals surface area contributed by atoms with E-state index < -0.39 is 0 Å². The monoisotopic (exact) mass is 313 g/mol. The van der Waals surface area contributed by atoms with Gasteiger partial charge in [-0.15, -0.1) is 24.8 Å². The molecule has 6 heteroatoms. The van der Waals surface area contributed by atoms with Crippen molar-refractivity contribution in [1.29, 1.82) is 0 Å². The van der Waals surface area contributed by atoms with Crippen LogP contribution in [0.3, 0.4) is 0 Å². The van der Waals surface area contributed by atoms with E-state index in [2.05, 4.69) is 24.1 Å². The van der Waals surface area contributed by atoms with Crippen LogP contribution in [0, 0.1) is 5.92 Å². The number of hydrogen-bond acceptors (Lipinski definition) is 3. The molecule has 1 atom stereocenters. The molecule has 0 saturated carbocycles. The lowest BCUT2D eigenvalue weighted by Crippen LogP contribution is -2.47. The number of nitrogens with one attached hydrogen (secondary N) is 1. The molecule has 0 radical (unpaired) electrons. The minimum atomic E-state index is 0. The summed E-state index contributed by atoms with van der Waals surface area (Å²) in [7, 11) is 3.99. The van der Waals surface area contributed by atoms with Gasteiger partial charge in [-0.2, -0.15) is 0 Å². The molecule has 1 aliphatic heterocycles. The number of halogens is 2. The summed E-state index contributed by atoms with van der Waals surface area (Å²) in [6.07, 6.45) is 2.38. The molecule has 0 aromatic rings. The maximum Gasteiger partial charge on any atom is 0.236 e. The summed E-state index contributed by atoms with van der Waals surface area (Å²) in [6.45, 7) is 7.66. The Morgan fingerprint density at radius 3 is 2.58 bits per heavy atom. The normalized spacial score (nSPS) is 19.1. The van der Waals surface area contributed by atoms with Crippen molar-refractivity contribution in [2.45, 2.75) is 32.7 Å². The molecule has 1 unspecified atom stereocenters. The average molecular weight is 314 g/mol. The maximum atomic E-state index is 12.1. The molecule has 19 heavy (non-hydrogen) atoms. The van der Waals surface area contributed by atoms with Crippen LogP contribution in [-0.2, 0) is 4.79 Å². The predicted molar refractivity (Wildman–Crippen MR) is 85.5 cm³/mol. The summed E-state index contributed by atoms with van der Waals surface area (Å²) in [6, 6.07) is 0.428. The van der Waals surface area contributed by atoms with Crippen LogP contribution in [0.2, 0.25) is 0 Å². The van der Waals surface area contributed by atoms with Crippen molar-refractivity contribution in [1.82, 2.24) is 15.1 Å². The smallest absolute Gasteiger partial charge is 0.236 e. The minimum Gasteiger partial charge on any atom is -0.341 e. The number of likely N-dealkylation sites (tertiary alicyclic amines) is 1. The van der Waals surface area contributed by atoms with E-state index in [9.17, 15) is 4.79 Å². The quantitative estimate of drug-likeness (QED) is 0.838. The van der Waals surface area contributed by atoms with Crippen LogP contribution in [-0.4, -0.2) is 62.0 Å². The largest absolute Gasteiger partial charge is 0.341 e. The molecule has 0 aromatic carbocycles. The van der Waals surface area contributed by atoms with Gasteiger partial charge in [-0.1, -0.05) is 0 Å². The first-order valence-electron chi connectivity index (χ1n) is 6.67. The van der Waals surface area contributed by atoms with Crippen molar-refractivity contribution < 1.29 is 4.79 Å². The molecule has 1 saturated heterocycles. The lowest BCUT2D eigenvalue weighted by molar-refractivity contribution is -0.134. The summed E-state index contributed by atoms with van der Waals surface area (Å²) in [5.41, 5.74) is 0. The highest BCUT2D eigenvalue weighted by molar-refractivity contribution is 5.85. The lowest BCUT2D eigenvalue weighted by atomic mass is 9.98. The molecule has 0 bridgehead atoms. The zero-order chi connectivity index (χ0) is 12.8. The number of likely N-dealkylation sites (N-methyl/N-ethyl adjacent to an activating group) is 1. The third-order valence-electron chi connectivity index (χ3n) is 3.63. The Hall–Kier alpha value is -0.0300. The Labute approximate surface area is 130 Å². The Kier molecular flexibility index (Phi) is 12.0. The Morgan fingerprint density at radius 2 is 2.05 bits per heavy atom. The third-order valence-corrected chi connectivity index (χ3v) is 3.63. The zero-order valence-corrected chi connectivity index (χ0v) is 14.1. The highest BCUT2D eigenvalue weighted by atomic mass is 35.5. The molecule has 4 nitrogen and oxygen atoms in total. The second-order valence-corrected chi connectivity index (χ2v) is 5.41. The lowest BCUT2D eigenvalue weighted by Gasteiger charge is -2.34. The molecule has 0 aromatic heterocycles. The van der Waals surface area contributed by atoms with E-state index in [-0.39, 0.29) is 30.7 Å². The van der Waals surface area contributed by atoms with Gasteiger partial charge in [-0.25, -0.2) is 0 Å². The van der Waals surface area contributed by atoms with E-state index in [4.69, 9.17) is 0 Å². The van der Waals surface area contributed by atoms with Gasteiger partial charge in [0.25, 0.3) is 0 Å². The second-order valence-electron chi connectivity index (χ2n) is 5.41. The Morgan fingerprint density at radius 1 is 1.42 bits per heavy atom. The van der Waals surface area contributed by atoms with Gasteiger partial charge in [0.1, 0.15) is 0 Å². The van der Waals surface area contributed by atoms with Crippen molar-refractivity contribution in [2.75, 3.05) is 40.3 Å². The molecular formula is C13H29Cl2N3O. The standard InChI is InChI=1S/C13H27N3O.2ClH/c1-11(2)15(4)10-13(17)16-7-5-6-12(9-16)8-14-3;;/h11-12,14H,5-10H2,1-4H3;2*1H. The maximum absolute atomic E-state index is 12.1. The molecule has 116 valence electrons. The molecule has 0 aliphatic carbocycles. The van der Waals surface area contributed by atoms with Crippen LogP contribution in [0.5, 0.6) is 0 Å². The fourth-order valence-corrected chi connectivity index (χ4v) is 2.24. The molecule has 1 fully saturated rings. The number of rotatable bonds is 5. The summed E-state index contributed by atoms with van der Waals surface area (Å²) in [5.74, 6) is 0.907. The molecular weight excluding hydrogens is 285 g/mol. The summed E-state index contributed by atoms with van der Waals surface area (Å²) >= 11 is 0. The Balaban J connectivity index is 0. The molecule has 1 rings (SSSR count). The number of nitrogens with zero attached hydrogens (tertiary/aromatic N) is 2. The van der Waals surface area contributed by atoms with Gasteiger partial charge in [-0.05, 0) is 53.2 Å². The van der Waals surface area contributed by atoms with Gasteiger partial charge in [0.05, 0.1) is 6.54 Å². The second kappa shape index (κ2) is 10.7. The number of carbonyl (C=O) groups is 1. The molecule has 1 amide bonds. The van der Waals surface area contributed by atoms with E-state index in [0.717, 1.165) is 26.1 Å².